The summed E-state index contributed by atoms with van der Waals surface area (Å²) in [7, 11) is 1.33. The monoisotopic (exact) mass is 392 g/mol. The third-order valence-electron chi connectivity index (χ3n) is 5.63. The van der Waals surface area contributed by atoms with E-state index in [4.69, 9.17) is 14.2 Å². The molecule has 2 heterocycles. The molecule has 2 aromatic rings. The van der Waals surface area contributed by atoms with Gasteiger partial charge in [-0.1, -0.05) is 48.5 Å². The maximum atomic E-state index is 12.8. The van der Waals surface area contributed by atoms with E-state index < -0.39 is 23.3 Å². The summed E-state index contributed by atoms with van der Waals surface area (Å²) in [4.78, 5) is 12.8. The van der Waals surface area contributed by atoms with Crippen LogP contribution in [0.15, 0.2) is 84.0 Å². The summed E-state index contributed by atoms with van der Waals surface area (Å²) < 4.78 is 17.9. The van der Waals surface area contributed by atoms with Gasteiger partial charge in [0.15, 0.2) is 5.60 Å². The third-order valence-corrected chi connectivity index (χ3v) is 5.63. The summed E-state index contributed by atoms with van der Waals surface area (Å²) in [6.07, 6.45) is 3.73. The SMILES string of the molecule is COC(=O)C1=C(CO)C2(C)C=CC1(C(Cc1ccccc1)Oc1ccccc1)O2. The molecule has 2 aliphatic rings. The van der Waals surface area contributed by atoms with Gasteiger partial charge in [-0.25, -0.2) is 4.79 Å². The van der Waals surface area contributed by atoms with Gasteiger partial charge < -0.3 is 19.3 Å². The highest BCUT2D eigenvalue weighted by molar-refractivity contribution is 5.95. The Morgan fingerprint density at radius 1 is 1.07 bits per heavy atom. The molecule has 0 saturated heterocycles. The van der Waals surface area contributed by atoms with Gasteiger partial charge in [-0.05, 0) is 36.8 Å². The van der Waals surface area contributed by atoms with Crippen LogP contribution in [0, 0.1) is 0 Å². The van der Waals surface area contributed by atoms with Gasteiger partial charge in [0.1, 0.15) is 17.5 Å². The molecule has 0 saturated carbocycles. The Morgan fingerprint density at radius 2 is 1.72 bits per heavy atom. The number of aliphatic hydroxyl groups is 1. The molecular formula is C24H24O5. The molecular weight excluding hydrogens is 368 g/mol. The summed E-state index contributed by atoms with van der Waals surface area (Å²) in [5, 5.41) is 10.0. The third kappa shape index (κ3) is 3.26. The van der Waals surface area contributed by atoms with E-state index in [9.17, 15) is 9.90 Å². The predicted molar refractivity (Wildman–Crippen MR) is 108 cm³/mol. The molecule has 150 valence electrons. The zero-order valence-corrected chi connectivity index (χ0v) is 16.5. The number of hydrogen-bond donors (Lipinski definition) is 1. The zero-order valence-electron chi connectivity index (χ0n) is 16.5. The molecule has 0 aromatic heterocycles. The molecule has 4 rings (SSSR count). The molecule has 0 fully saturated rings. The normalized spacial score (nSPS) is 25.9. The fourth-order valence-corrected chi connectivity index (χ4v) is 4.21. The summed E-state index contributed by atoms with van der Waals surface area (Å²) in [5.74, 6) is 0.159. The van der Waals surface area contributed by atoms with Crippen molar-refractivity contribution >= 4 is 5.97 Å². The lowest BCUT2D eigenvalue weighted by Gasteiger charge is -2.35. The summed E-state index contributed by atoms with van der Waals surface area (Å²) in [5.41, 5.74) is -0.125. The number of para-hydroxylation sites is 1. The number of fused-ring (bicyclic) bond motifs is 2. The van der Waals surface area contributed by atoms with Crippen LogP contribution >= 0.6 is 0 Å². The van der Waals surface area contributed by atoms with Crippen LogP contribution in [-0.2, 0) is 20.7 Å². The number of ether oxygens (including phenoxy) is 3. The highest BCUT2D eigenvalue weighted by atomic mass is 16.6. The minimum atomic E-state index is -1.15. The standard InChI is InChI=1S/C24H24O5/c1-23-13-14-24(29-23,21(19(23)16-25)22(26)27-2)20(15-17-9-5-3-6-10-17)28-18-11-7-4-8-12-18/h3-14,20,25H,15-16H2,1-2H3. The lowest BCUT2D eigenvalue weighted by molar-refractivity contribution is -0.140. The highest BCUT2D eigenvalue weighted by Gasteiger charge is 2.61. The van der Waals surface area contributed by atoms with Crippen molar-refractivity contribution in [2.75, 3.05) is 13.7 Å². The van der Waals surface area contributed by atoms with Crippen LogP contribution in [0.3, 0.4) is 0 Å². The molecule has 3 unspecified atom stereocenters. The molecule has 1 N–H and O–H groups in total. The van der Waals surface area contributed by atoms with Crippen molar-refractivity contribution in [1.29, 1.82) is 0 Å². The predicted octanol–water partition coefficient (Wildman–Crippen LogP) is 3.24. The Balaban J connectivity index is 1.81. The first-order chi connectivity index (χ1) is 14.0. The molecule has 0 spiro atoms. The average Bonchev–Trinajstić information content (AvgIpc) is 3.24. The Hall–Kier alpha value is -2.89. The molecule has 0 aliphatic carbocycles. The molecule has 2 bridgehead atoms. The smallest absolute Gasteiger partial charge is 0.337 e. The van der Waals surface area contributed by atoms with E-state index in [2.05, 4.69) is 0 Å². The molecule has 2 aliphatic heterocycles. The summed E-state index contributed by atoms with van der Waals surface area (Å²) in [6, 6.07) is 19.4. The summed E-state index contributed by atoms with van der Waals surface area (Å²) in [6.45, 7) is 1.55. The van der Waals surface area contributed by atoms with Crippen molar-refractivity contribution in [2.45, 2.75) is 30.7 Å². The van der Waals surface area contributed by atoms with Gasteiger partial charge in [0.25, 0.3) is 0 Å². The van der Waals surface area contributed by atoms with Crippen molar-refractivity contribution < 1.29 is 24.1 Å². The van der Waals surface area contributed by atoms with Crippen molar-refractivity contribution in [3.8, 4) is 5.75 Å². The number of carbonyl (C=O) groups is 1. The van der Waals surface area contributed by atoms with Crippen molar-refractivity contribution in [1.82, 2.24) is 0 Å². The Labute approximate surface area is 170 Å². The van der Waals surface area contributed by atoms with E-state index in [1.807, 2.05) is 79.7 Å². The lowest BCUT2D eigenvalue weighted by Crippen LogP contribution is -2.48. The summed E-state index contributed by atoms with van der Waals surface area (Å²) >= 11 is 0. The maximum absolute atomic E-state index is 12.8. The maximum Gasteiger partial charge on any atom is 0.337 e. The van der Waals surface area contributed by atoms with Crippen molar-refractivity contribution in [3.05, 3.63) is 89.5 Å². The van der Waals surface area contributed by atoms with E-state index >= 15 is 0 Å². The zero-order chi connectivity index (χ0) is 20.5. The van der Waals surface area contributed by atoms with E-state index in [-0.39, 0.29) is 6.61 Å². The number of aliphatic hydroxyl groups excluding tert-OH is 1. The number of benzene rings is 2. The fourth-order valence-electron chi connectivity index (χ4n) is 4.21. The van der Waals surface area contributed by atoms with E-state index in [0.29, 0.717) is 23.3 Å². The first kappa shape index (κ1) is 19.4. The van der Waals surface area contributed by atoms with Gasteiger partial charge in [0.2, 0.25) is 0 Å². The number of esters is 1. The largest absolute Gasteiger partial charge is 0.486 e. The second-order valence-electron chi connectivity index (χ2n) is 7.45. The molecule has 0 amide bonds. The van der Waals surface area contributed by atoms with Gasteiger partial charge in [-0.15, -0.1) is 0 Å². The van der Waals surface area contributed by atoms with Gasteiger partial charge in [-0.3, -0.25) is 0 Å². The molecule has 29 heavy (non-hydrogen) atoms. The lowest BCUT2D eigenvalue weighted by atomic mass is 9.78. The van der Waals surface area contributed by atoms with Gasteiger partial charge >= 0.3 is 5.97 Å². The number of carbonyl (C=O) groups excluding carboxylic acids is 1. The molecule has 5 heteroatoms. The van der Waals surface area contributed by atoms with E-state index in [0.717, 1.165) is 5.56 Å². The number of methoxy groups -OCH3 is 1. The first-order valence-electron chi connectivity index (χ1n) is 9.62. The van der Waals surface area contributed by atoms with Gasteiger partial charge in [0.05, 0.1) is 19.3 Å². The van der Waals surface area contributed by atoms with Crippen LogP contribution in [0.5, 0.6) is 5.75 Å². The van der Waals surface area contributed by atoms with Crippen molar-refractivity contribution in [2.24, 2.45) is 0 Å². The van der Waals surface area contributed by atoms with E-state index in [1.165, 1.54) is 7.11 Å². The van der Waals surface area contributed by atoms with Gasteiger partial charge in [-0.2, -0.15) is 0 Å². The molecule has 2 aromatic carbocycles. The average molecular weight is 392 g/mol. The van der Waals surface area contributed by atoms with Crippen LogP contribution in [-0.4, -0.2) is 42.1 Å². The van der Waals surface area contributed by atoms with Gasteiger partial charge in [0, 0.05) is 12.0 Å². The van der Waals surface area contributed by atoms with Crippen LogP contribution in [0.1, 0.15) is 12.5 Å². The first-order valence-corrected chi connectivity index (χ1v) is 9.62. The highest BCUT2D eigenvalue weighted by Crippen LogP contribution is 2.52. The Bertz CT molecular complexity index is 908. The van der Waals surface area contributed by atoms with E-state index in [1.54, 1.807) is 0 Å². The second-order valence-corrected chi connectivity index (χ2v) is 7.45. The second kappa shape index (κ2) is 7.50. The van der Waals surface area contributed by atoms with Crippen LogP contribution in [0.25, 0.3) is 0 Å². The Morgan fingerprint density at radius 3 is 2.34 bits per heavy atom. The topological polar surface area (TPSA) is 65.0 Å². The number of hydrogen-bond acceptors (Lipinski definition) is 5. The van der Waals surface area contributed by atoms with Crippen LogP contribution < -0.4 is 4.74 Å². The fraction of sp³-hybridized carbons (Fsp3) is 0.292. The molecule has 5 nitrogen and oxygen atoms in total. The Kier molecular flexibility index (Phi) is 5.03. The molecule has 3 atom stereocenters. The molecule has 0 radical (unpaired) electrons. The van der Waals surface area contributed by atoms with Crippen molar-refractivity contribution in [3.63, 3.8) is 0 Å². The van der Waals surface area contributed by atoms with Crippen LogP contribution in [0.4, 0.5) is 0 Å². The van der Waals surface area contributed by atoms with Crippen LogP contribution in [0.2, 0.25) is 0 Å². The number of rotatable bonds is 7. The minimum Gasteiger partial charge on any atom is -0.486 e. The quantitative estimate of drug-likeness (QED) is 0.579. The minimum absolute atomic E-state index is 0.295.